The van der Waals surface area contributed by atoms with E-state index in [1.807, 2.05) is 6.07 Å². The maximum atomic E-state index is 5.94. The highest BCUT2D eigenvalue weighted by Crippen LogP contribution is 2.18. The van der Waals surface area contributed by atoms with Crippen LogP contribution in [-0.2, 0) is 13.0 Å². The summed E-state index contributed by atoms with van der Waals surface area (Å²) < 4.78 is 8.20. The number of aryl methyl sites for hydroxylation is 3. The van der Waals surface area contributed by atoms with Crippen LogP contribution in [0.15, 0.2) is 42.5 Å². The largest absolute Gasteiger partial charge is 0.492 e. The summed E-state index contributed by atoms with van der Waals surface area (Å²) >= 11 is 0. The van der Waals surface area contributed by atoms with Crippen LogP contribution in [0.4, 0.5) is 0 Å². The van der Waals surface area contributed by atoms with E-state index in [9.17, 15) is 0 Å². The van der Waals surface area contributed by atoms with Crippen LogP contribution in [-0.4, -0.2) is 16.2 Å². The Balaban J connectivity index is 1.76. The zero-order chi connectivity index (χ0) is 15.5. The number of benzene rings is 2. The molecule has 22 heavy (non-hydrogen) atoms. The van der Waals surface area contributed by atoms with E-state index in [0.717, 1.165) is 30.1 Å². The molecule has 1 aromatic heterocycles. The van der Waals surface area contributed by atoms with Gasteiger partial charge < -0.3 is 9.30 Å². The molecule has 0 radical (unpaired) electrons. The number of hydrogen-bond acceptors (Lipinski definition) is 2. The minimum absolute atomic E-state index is 0.649. The first-order chi connectivity index (χ1) is 10.7. The molecule has 0 atom stereocenters. The number of nitrogens with zero attached hydrogens (tertiary/aromatic N) is 2. The maximum Gasteiger partial charge on any atom is 0.119 e. The first-order valence-corrected chi connectivity index (χ1v) is 7.82. The molecule has 0 aliphatic carbocycles. The molecule has 0 N–H and O–H groups in total. The lowest BCUT2D eigenvalue weighted by Gasteiger charge is -2.11. The quantitative estimate of drug-likeness (QED) is 0.701. The van der Waals surface area contributed by atoms with E-state index in [1.165, 1.54) is 16.6 Å². The zero-order valence-electron chi connectivity index (χ0n) is 13.5. The van der Waals surface area contributed by atoms with Gasteiger partial charge in [0.2, 0.25) is 0 Å². The van der Waals surface area contributed by atoms with E-state index in [1.54, 1.807) is 0 Å². The molecule has 0 fully saturated rings. The van der Waals surface area contributed by atoms with Crippen molar-refractivity contribution in [2.45, 2.75) is 33.7 Å². The molecule has 0 saturated heterocycles. The van der Waals surface area contributed by atoms with E-state index in [0.29, 0.717) is 6.61 Å². The standard InChI is InChI=1S/C19H22N2O/c1-4-19-20-17-7-5-6-8-18(17)21(19)9-10-22-16-12-14(2)11-15(3)13-16/h5-8,11-13H,4,9-10H2,1-3H3. The van der Waals surface area contributed by atoms with Crippen LogP contribution < -0.4 is 4.74 Å². The Hall–Kier alpha value is -2.29. The summed E-state index contributed by atoms with van der Waals surface area (Å²) in [6.45, 7) is 7.80. The summed E-state index contributed by atoms with van der Waals surface area (Å²) in [5.41, 5.74) is 4.71. The Bertz CT molecular complexity index is 769. The molecule has 0 bridgehead atoms. The predicted molar refractivity (Wildman–Crippen MR) is 90.5 cm³/mol. The van der Waals surface area contributed by atoms with E-state index in [4.69, 9.17) is 9.72 Å². The van der Waals surface area contributed by atoms with Gasteiger partial charge in [0, 0.05) is 6.42 Å². The highest BCUT2D eigenvalue weighted by molar-refractivity contribution is 5.75. The van der Waals surface area contributed by atoms with E-state index < -0.39 is 0 Å². The topological polar surface area (TPSA) is 27.1 Å². The monoisotopic (exact) mass is 294 g/mol. The van der Waals surface area contributed by atoms with Crippen LogP contribution in [0.25, 0.3) is 11.0 Å². The fourth-order valence-corrected chi connectivity index (χ4v) is 2.92. The summed E-state index contributed by atoms with van der Waals surface area (Å²) in [6.07, 6.45) is 0.929. The minimum atomic E-state index is 0.649. The van der Waals surface area contributed by atoms with Crippen LogP contribution >= 0.6 is 0 Å². The van der Waals surface area contributed by atoms with Crippen LogP contribution in [0, 0.1) is 13.8 Å². The first kappa shape index (κ1) is 14.6. The lowest BCUT2D eigenvalue weighted by Crippen LogP contribution is -2.11. The molecule has 3 rings (SSSR count). The number of fused-ring (bicyclic) bond motifs is 1. The SMILES string of the molecule is CCc1nc2ccccc2n1CCOc1cc(C)cc(C)c1. The van der Waals surface area contributed by atoms with Gasteiger partial charge in [-0.15, -0.1) is 0 Å². The minimum Gasteiger partial charge on any atom is -0.492 e. The second-order valence-corrected chi connectivity index (χ2v) is 5.69. The summed E-state index contributed by atoms with van der Waals surface area (Å²) in [6, 6.07) is 14.6. The Morgan fingerprint density at radius 1 is 1.05 bits per heavy atom. The van der Waals surface area contributed by atoms with Gasteiger partial charge in [-0.05, 0) is 49.2 Å². The van der Waals surface area contributed by atoms with Crippen molar-refractivity contribution in [1.29, 1.82) is 0 Å². The smallest absolute Gasteiger partial charge is 0.119 e. The normalized spacial score (nSPS) is 11.0. The fraction of sp³-hybridized carbons (Fsp3) is 0.316. The van der Waals surface area contributed by atoms with Crippen molar-refractivity contribution in [2.24, 2.45) is 0 Å². The number of imidazole rings is 1. The Morgan fingerprint density at radius 3 is 2.50 bits per heavy atom. The summed E-state index contributed by atoms with van der Waals surface area (Å²) in [5, 5.41) is 0. The van der Waals surface area contributed by atoms with Crippen molar-refractivity contribution in [3.63, 3.8) is 0 Å². The van der Waals surface area contributed by atoms with Crippen molar-refractivity contribution in [3.05, 3.63) is 59.4 Å². The van der Waals surface area contributed by atoms with Gasteiger partial charge in [0.1, 0.15) is 18.2 Å². The molecule has 3 heteroatoms. The highest BCUT2D eigenvalue weighted by atomic mass is 16.5. The van der Waals surface area contributed by atoms with Crippen LogP contribution in [0.2, 0.25) is 0 Å². The van der Waals surface area contributed by atoms with Gasteiger partial charge >= 0.3 is 0 Å². The third-order valence-electron chi connectivity index (χ3n) is 3.83. The first-order valence-electron chi connectivity index (χ1n) is 7.82. The molecule has 114 valence electrons. The third kappa shape index (κ3) is 2.98. The second kappa shape index (κ2) is 6.22. The molecular weight excluding hydrogens is 272 g/mol. The van der Waals surface area contributed by atoms with E-state index >= 15 is 0 Å². The van der Waals surface area contributed by atoms with Crippen molar-refractivity contribution in [1.82, 2.24) is 9.55 Å². The fourth-order valence-electron chi connectivity index (χ4n) is 2.92. The molecule has 0 aliphatic rings. The third-order valence-corrected chi connectivity index (χ3v) is 3.83. The van der Waals surface area contributed by atoms with Crippen LogP contribution in [0.5, 0.6) is 5.75 Å². The van der Waals surface area contributed by atoms with Gasteiger partial charge in [-0.2, -0.15) is 0 Å². The van der Waals surface area contributed by atoms with Crippen LogP contribution in [0.1, 0.15) is 23.9 Å². The maximum absolute atomic E-state index is 5.94. The Kier molecular flexibility index (Phi) is 4.14. The van der Waals surface area contributed by atoms with Crippen LogP contribution in [0.3, 0.4) is 0 Å². The number of aromatic nitrogens is 2. The van der Waals surface area contributed by atoms with Gasteiger partial charge in [-0.1, -0.05) is 25.1 Å². The highest BCUT2D eigenvalue weighted by Gasteiger charge is 2.08. The Morgan fingerprint density at radius 2 is 1.77 bits per heavy atom. The van der Waals surface area contributed by atoms with E-state index in [-0.39, 0.29) is 0 Å². The van der Waals surface area contributed by atoms with Crippen molar-refractivity contribution in [2.75, 3.05) is 6.61 Å². The predicted octanol–water partition coefficient (Wildman–Crippen LogP) is 4.29. The van der Waals surface area contributed by atoms with Crippen molar-refractivity contribution in [3.8, 4) is 5.75 Å². The second-order valence-electron chi connectivity index (χ2n) is 5.69. The number of hydrogen-bond donors (Lipinski definition) is 0. The lowest BCUT2D eigenvalue weighted by atomic mass is 10.1. The Labute approximate surface area is 131 Å². The summed E-state index contributed by atoms with van der Waals surface area (Å²) in [5.74, 6) is 2.06. The summed E-state index contributed by atoms with van der Waals surface area (Å²) in [4.78, 5) is 4.69. The molecule has 0 spiro atoms. The lowest BCUT2D eigenvalue weighted by molar-refractivity contribution is 0.298. The molecule has 2 aromatic carbocycles. The van der Waals surface area contributed by atoms with Crippen molar-refractivity contribution >= 4 is 11.0 Å². The molecular formula is C19H22N2O. The van der Waals surface area contributed by atoms with E-state index in [2.05, 4.69) is 61.7 Å². The molecule has 0 amide bonds. The molecule has 0 unspecified atom stereocenters. The number of rotatable bonds is 5. The van der Waals surface area contributed by atoms with Gasteiger partial charge in [-0.3, -0.25) is 0 Å². The zero-order valence-corrected chi connectivity index (χ0v) is 13.5. The van der Waals surface area contributed by atoms with Gasteiger partial charge in [0.05, 0.1) is 17.6 Å². The van der Waals surface area contributed by atoms with Gasteiger partial charge in [0.15, 0.2) is 0 Å². The van der Waals surface area contributed by atoms with Gasteiger partial charge in [-0.25, -0.2) is 4.98 Å². The number of para-hydroxylation sites is 2. The molecule has 0 saturated carbocycles. The summed E-state index contributed by atoms with van der Waals surface area (Å²) in [7, 11) is 0. The molecule has 3 nitrogen and oxygen atoms in total. The average Bonchev–Trinajstić information content (AvgIpc) is 2.84. The van der Waals surface area contributed by atoms with Crippen molar-refractivity contribution < 1.29 is 4.74 Å². The molecule has 1 heterocycles. The molecule has 3 aromatic rings. The average molecular weight is 294 g/mol. The van der Waals surface area contributed by atoms with Gasteiger partial charge in [0.25, 0.3) is 0 Å². The number of ether oxygens (including phenoxy) is 1. The molecule has 0 aliphatic heterocycles.